The van der Waals surface area contributed by atoms with Crippen LogP contribution in [0.1, 0.15) is 10.4 Å². The van der Waals surface area contributed by atoms with Gasteiger partial charge in [0.1, 0.15) is 0 Å². The highest BCUT2D eigenvalue weighted by molar-refractivity contribution is 9.10. The van der Waals surface area contributed by atoms with Gasteiger partial charge < -0.3 is 15.2 Å². The average molecular weight is 328 g/mol. The summed E-state index contributed by atoms with van der Waals surface area (Å²) in [6.45, 7) is 1.52. The minimum absolute atomic E-state index is 0.175. The highest BCUT2D eigenvalue weighted by Crippen LogP contribution is 2.26. The molecule has 1 aromatic carbocycles. The molecular weight excluding hydrogens is 314 g/mol. The van der Waals surface area contributed by atoms with Crippen molar-refractivity contribution in [3.05, 3.63) is 44.6 Å². The number of hydrogen-bond acceptors (Lipinski definition) is 4. The van der Waals surface area contributed by atoms with Gasteiger partial charge in [-0.3, -0.25) is 0 Å². The fraction of sp³-hybridized carbons (Fsp3) is 0.231. The van der Waals surface area contributed by atoms with E-state index in [0.29, 0.717) is 12.3 Å². The standard InChI is InChI=1S/C13H14BrNO2S/c1-17-12-3-2-9(6-11(12)16)7-15-8-13-10(14)4-5-18-13/h2-6,15-16H,7-8H2,1H3. The van der Waals surface area contributed by atoms with Gasteiger partial charge in [-0.25, -0.2) is 0 Å². The van der Waals surface area contributed by atoms with Gasteiger partial charge in [0.05, 0.1) is 7.11 Å². The van der Waals surface area contributed by atoms with Crippen LogP contribution in [-0.4, -0.2) is 12.2 Å². The van der Waals surface area contributed by atoms with Crippen molar-refractivity contribution in [2.75, 3.05) is 7.11 Å². The molecule has 5 heteroatoms. The average Bonchev–Trinajstić information content (AvgIpc) is 2.75. The Hall–Kier alpha value is -1.04. The molecule has 2 N–H and O–H groups in total. The molecule has 2 rings (SSSR count). The Labute approximate surface area is 119 Å². The van der Waals surface area contributed by atoms with E-state index in [1.807, 2.05) is 12.1 Å². The normalized spacial score (nSPS) is 10.6. The number of aromatic hydroxyl groups is 1. The van der Waals surface area contributed by atoms with E-state index in [0.717, 1.165) is 16.6 Å². The lowest BCUT2D eigenvalue weighted by Crippen LogP contribution is -2.11. The molecular formula is C13H14BrNO2S. The predicted molar refractivity (Wildman–Crippen MR) is 77.2 cm³/mol. The second kappa shape index (κ2) is 6.22. The van der Waals surface area contributed by atoms with Crippen LogP contribution in [0.3, 0.4) is 0 Å². The van der Waals surface area contributed by atoms with E-state index in [1.54, 1.807) is 30.6 Å². The van der Waals surface area contributed by atoms with Crippen LogP contribution in [0.15, 0.2) is 34.1 Å². The highest BCUT2D eigenvalue weighted by atomic mass is 79.9. The van der Waals surface area contributed by atoms with Crippen molar-refractivity contribution < 1.29 is 9.84 Å². The fourth-order valence-corrected chi connectivity index (χ4v) is 3.08. The summed E-state index contributed by atoms with van der Waals surface area (Å²) in [5.74, 6) is 0.675. The lowest BCUT2D eigenvalue weighted by Gasteiger charge is -2.07. The molecule has 0 aliphatic heterocycles. The zero-order valence-corrected chi connectivity index (χ0v) is 12.3. The molecule has 2 aromatic rings. The molecule has 0 radical (unpaired) electrons. The number of rotatable bonds is 5. The Morgan fingerprint density at radius 3 is 2.78 bits per heavy atom. The van der Waals surface area contributed by atoms with Gasteiger partial charge in [-0.15, -0.1) is 11.3 Å². The quantitative estimate of drug-likeness (QED) is 0.882. The van der Waals surface area contributed by atoms with E-state index >= 15 is 0 Å². The number of ether oxygens (including phenoxy) is 1. The topological polar surface area (TPSA) is 41.5 Å². The largest absolute Gasteiger partial charge is 0.504 e. The lowest BCUT2D eigenvalue weighted by molar-refractivity contribution is 0.373. The molecule has 0 bridgehead atoms. The van der Waals surface area contributed by atoms with Gasteiger partial charge in [-0.1, -0.05) is 6.07 Å². The Morgan fingerprint density at radius 1 is 1.33 bits per heavy atom. The summed E-state index contributed by atoms with van der Waals surface area (Å²) < 4.78 is 6.14. The second-order valence-corrected chi connectivity index (χ2v) is 5.66. The maximum absolute atomic E-state index is 9.66. The van der Waals surface area contributed by atoms with Gasteiger partial charge in [0.2, 0.25) is 0 Å². The summed E-state index contributed by atoms with van der Waals surface area (Å²) in [7, 11) is 1.54. The van der Waals surface area contributed by atoms with Crippen LogP contribution >= 0.6 is 27.3 Å². The van der Waals surface area contributed by atoms with E-state index < -0.39 is 0 Å². The number of nitrogens with one attached hydrogen (secondary N) is 1. The number of hydrogen-bond donors (Lipinski definition) is 2. The van der Waals surface area contributed by atoms with Crippen molar-refractivity contribution in [3.8, 4) is 11.5 Å². The zero-order valence-electron chi connectivity index (χ0n) is 9.94. The number of thiophene rings is 1. The third kappa shape index (κ3) is 3.25. The summed E-state index contributed by atoms with van der Waals surface area (Å²) in [6.07, 6.45) is 0. The maximum atomic E-state index is 9.66. The summed E-state index contributed by atoms with van der Waals surface area (Å²) in [4.78, 5) is 1.27. The summed E-state index contributed by atoms with van der Waals surface area (Å²) in [5.41, 5.74) is 1.03. The minimum atomic E-state index is 0.175. The predicted octanol–water partition coefficient (Wildman–Crippen LogP) is 3.51. The van der Waals surface area contributed by atoms with Gasteiger partial charge >= 0.3 is 0 Å². The first-order valence-corrected chi connectivity index (χ1v) is 7.16. The van der Waals surface area contributed by atoms with Gasteiger partial charge in [-0.2, -0.15) is 0 Å². The molecule has 0 atom stereocenters. The molecule has 0 spiro atoms. The zero-order chi connectivity index (χ0) is 13.0. The van der Waals surface area contributed by atoms with Gasteiger partial charge in [0.25, 0.3) is 0 Å². The van der Waals surface area contributed by atoms with Gasteiger partial charge in [0, 0.05) is 22.4 Å². The Morgan fingerprint density at radius 2 is 2.17 bits per heavy atom. The van der Waals surface area contributed by atoms with Crippen molar-refractivity contribution >= 4 is 27.3 Å². The molecule has 96 valence electrons. The Kier molecular flexibility index (Phi) is 4.63. The molecule has 0 aliphatic carbocycles. The van der Waals surface area contributed by atoms with Crippen molar-refractivity contribution in [1.29, 1.82) is 0 Å². The second-order valence-electron chi connectivity index (χ2n) is 3.80. The molecule has 0 saturated heterocycles. The molecule has 0 unspecified atom stereocenters. The molecule has 1 aromatic heterocycles. The van der Waals surface area contributed by atoms with Crippen molar-refractivity contribution in [2.24, 2.45) is 0 Å². The first kappa shape index (κ1) is 13.4. The summed E-state index contributed by atoms with van der Waals surface area (Å²) in [5, 5.41) is 15.1. The van der Waals surface area contributed by atoms with Crippen LogP contribution in [0, 0.1) is 0 Å². The van der Waals surface area contributed by atoms with Crippen LogP contribution in [0.25, 0.3) is 0 Å². The van der Waals surface area contributed by atoms with Gasteiger partial charge in [-0.05, 0) is 45.1 Å². The molecule has 18 heavy (non-hydrogen) atoms. The number of phenols is 1. The minimum Gasteiger partial charge on any atom is -0.504 e. The van der Waals surface area contributed by atoms with Crippen LogP contribution in [0.4, 0.5) is 0 Å². The van der Waals surface area contributed by atoms with Crippen LogP contribution in [0.2, 0.25) is 0 Å². The number of benzene rings is 1. The lowest BCUT2D eigenvalue weighted by atomic mass is 10.2. The molecule has 0 saturated carbocycles. The van der Waals surface area contributed by atoms with E-state index in [1.165, 1.54) is 4.88 Å². The Bertz CT molecular complexity index is 527. The number of halogens is 1. The third-order valence-electron chi connectivity index (χ3n) is 2.55. The van der Waals surface area contributed by atoms with Crippen LogP contribution in [-0.2, 0) is 13.1 Å². The third-order valence-corrected chi connectivity index (χ3v) is 4.48. The monoisotopic (exact) mass is 327 g/mol. The van der Waals surface area contributed by atoms with Gasteiger partial charge in [0.15, 0.2) is 11.5 Å². The van der Waals surface area contributed by atoms with E-state index in [4.69, 9.17) is 4.74 Å². The van der Waals surface area contributed by atoms with E-state index in [2.05, 4.69) is 26.6 Å². The summed E-state index contributed by atoms with van der Waals surface area (Å²) >= 11 is 5.21. The first-order valence-electron chi connectivity index (χ1n) is 5.49. The molecule has 3 nitrogen and oxygen atoms in total. The van der Waals surface area contributed by atoms with Crippen LogP contribution < -0.4 is 10.1 Å². The highest BCUT2D eigenvalue weighted by Gasteiger charge is 2.03. The van der Waals surface area contributed by atoms with Crippen LogP contribution in [0.5, 0.6) is 11.5 Å². The Balaban J connectivity index is 1.91. The van der Waals surface area contributed by atoms with E-state index in [9.17, 15) is 5.11 Å². The molecule has 1 heterocycles. The first-order chi connectivity index (χ1) is 8.70. The smallest absolute Gasteiger partial charge is 0.160 e. The fourth-order valence-electron chi connectivity index (χ4n) is 1.62. The van der Waals surface area contributed by atoms with Crippen molar-refractivity contribution in [3.63, 3.8) is 0 Å². The molecule has 0 amide bonds. The maximum Gasteiger partial charge on any atom is 0.160 e. The van der Waals surface area contributed by atoms with Crippen molar-refractivity contribution in [2.45, 2.75) is 13.1 Å². The van der Waals surface area contributed by atoms with Crippen molar-refractivity contribution in [1.82, 2.24) is 5.32 Å². The number of phenolic OH excluding ortho intramolecular Hbond substituents is 1. The van der Waals surface area contributed by atoms with E-state index in [-0.39, 0.29) is 5.75 Å². The summed E-state index contributed by atoms with van der Waals surface area (Å²) in [6, 6.07) is 7.47. The molecule has 0 aliphatic rings. The SMILES string of the molecule is COc1ccc(CNCc2sccc2Br)cc1O. The number of methoxy groups -OCH3 is 1. The molecule has 0 fully saturated rings.